The first kappa shape index (κ1) is 12.9. The van der Waals surface area contributed by atoms with E-state index in [1.165, 1.54) is 14.9 Å². The molecule has 1 aliphatic heterocycles. The molecule has 4 heteroatoms. The molecule has 0 radical (unpaired) electrons. The quantitative estimate of drug-likeness (QED) is 0.794. The summed E-state index contributed by atoms with van der Waals surface area (Å²) < 4.78 is 6.81. The zero-order valence-electron chi connectivity index (χ0n) is 10.6. The van der Waals surface area contributed by atoms with Gasteiger partial charge in [0, 0.05) is 11.1 Å². The van der Waals surface area contributed by atoms with E-state index in [4.69, 9.17) is 4.74 Å². The lowest BCUT2D eigenvalue weighted by atomic mass is 10.1. The van der Waals surface area contributed by atoms with E-state index in [1.807, 2.05) is 0 Å². The van der Waals surface area contributed by atoms with Crippen molar-refractivity contribution in [2.75, 3.05) is 6.61 Å². The molecule has 0 saturated heterocycles. The maximum absolute atomic E-state index is 5.64. The van der Waals surface area contributed by atoms with Crippen molar-refractivity contribution in [3.63, 3.8) is 0 Å². The van der Waals surface area contributed by atoms with E-state index in [9.17, 15) is 0 Å². The molecule has 2 heterocycles. The van der Waals surface area contributed by atoms with E-state index in [-0.39, 0.29) is 0 Å². The number of rotatable bonds is 3. The number of ether oxygens (including phenoxy) is 1. The van der Waals surface area contributed by atoms with Crippen molar-refractivity contribution in [1.29, 1.82) is 0 Å². The number of hydrogen-bond donors (Lipinski definition) is 0. The Hall–Kier alpha value is -1.13. The Labute approximate surface area is 125 Å². The van der Waals surface area contributed by atoms with Crippen LogP contribution < -0.4 is 0 Å². The van der Waals surface area contributed by atoms with Gasteiger partial charge < -0.3 is 4.74 Å². The minimum atomic E-state index is 0.320. The molecule has 2 aromatic rings. The number of hydrogen-bond acceptors (Lipinski definition) is 3. The summed E-state index contributed by atoms with van der Waals surface area (Å²) in [6.45, 7) is 2.85. The molecule has 0 aliphatic carbocycles. The van der Waals surface area contributed by atoms with E-state index in [0.717, 1.165) is 17.9 Å². The highest BCUT2D eigenvalue weighted by Gasteiger charge is 2.18. The third-order valence-electron chi connectivity index (χ3n) is 3.24. The summed E-state index contributed by atoms with van der Waals surface area (Å²) in [5.74, 6) is 0.780. The molecule has 1 aromatic carbocycles. The van der Waals surface area contributed by atoms with Crippen LogP contribution in [0.4, 0.5) is 0 Å². The fourth-order valence-corrected chi connectivity index (χ4v) is 3.40. The second-order valence-electron chi connectivity index (χ2n) is 4.49. The predicted molar refractivity (Wildman–Crippen MR) is 84.0 cm³/mol. The van der Waals surface area contributed by atoms with Crippen LogP contribution in [0, 0.1) is 0 Å². The van der Waals surface area contributed by atoms with Crippen molar-refractivity contribution in [1.82, 2.24) is 0 Å². The SMILES string of the molecule is CCC1COC(c2ccc(-c3ccsc3Br)cc2)=N1. The van der Waals surface area contributed by atoms with Gasteiger partial charge in [-0.1, -0.05) is 19.1 Å². The van der Waals surface area contributed by atoms with E-state index in [0.29, 0.717) is 12.6 Å². The van der Waals surface area contributed by atoms with Crippen LogP contribution in [0.15, 0.2) is 44.5 Å². The van der Waals surface area contributed by atoms with Gasteiger partial charge in [0.25, 0.3) is 0 Å². The highest BCUT2D eigenvalue weighted by molar-refractivity contribution is 9.11. The van der Waals surface area contributed by atoms with Crippen LogP contribution >= 0.6 is 27.3 Å². The maximum atomic E-state index is 5.64. The van der Waals surface area contributed by atoms with Crippen LogP contribution in [0.2, 0.25) is 0 Å². The average molecular weight is 336 g/mol. The minimum Gasteiger partial charge on any atom is -0.475 e. The first-order valence-electron chi connectivity index (χ1n) is 6.32. The number of thiophene rings is 1. The Balaban J connectivity index is 1.86. The monoisotopic (exact) mass is 335 g/mol. The van der Waals surface area contributed by atoms with Crippen LogP contribution in [0.1, 0.15) is 18.9 Å². The first-order valence-corrected chi connectivity index (χ1v) is 7.99. The fourth-order valence-electron chi connectivity index (χ4n) is 2.08. The Morgan fingerprint density at radius 1 is 1.26 bits per heavy atom. The van der Waals surface area contributed by atoms with Gasteiger partial charge in [0.1, 0.15) is 6.61 Å². The number of nitrogens with zero attached hydrogens (tertiary/aromatic N) is 1. The summed E-state index contributed by atoms with van der Waals surface area (Å²) in [7, 11) is 0. The minimum absolute atomic E-state index is 0.320. The zero-order chi connectivity index (χ0) is 13.2. The molecule has 0 amide bonds. The Kier molecular flexibility index (Phi) is 3.71. The Morgan fingerprint density at radius 3 is 2.58 bits per heavy atom. The van der Waals surface area contributed by atoms with Gasteiger partial charge >= 0.3 is 0 Å². The van der Waals surface area contributed by atoms with Crippen LogP contribution in [-0.4, -0.2) is 18.5 Å². The van der Waals surface area contributed by atoms with Gasteiger partial charge in [0.15, 0.2) is 0 Å². The Bertz CT molecular complexity index is 603. The molecule has 0 bridgehead atoms. The van der Waals surface area contributed by atoms with Crippen molar-refractivity contribution < 1.29 is 4.74 Å². The third kappa shape index (κ3) is 2.60. The number of benzene rings is 1. The summed E-state index contributed by atoms with van der Waals surface area (Å²) >= 11 is 5.28. The van der Waals surface area contributed by atoms with Crippen molar-refractivity contribution in [2.24, 2.45) is 4.99 Å². The number of aliphatic imine (C=N–C) groups is 1. The van der Waals surface area contributed by atoms with Crippen molar-refractivity contribution in [2.45, 2.75) is 19.4 Å². The standard InChI is InChI=1S/C15H14BrNOS/c1-2-12-9-18-15(17-12)11-5-3-10(4-6-11)13-7-8-19-14(13)16/h3-8,12H,2,9H2,1H3. The molecule has 0 fully saturated rings. The molecule has 2 nitrogen and oxygen atoms in total. The maximum Gasteiger partial charge on any atom is 0.216 e. The van der Waals surface area contributed by atoms with Gasteiger partial charge in [-0.15, -0.1) is 11.3 Å². The molecule has 1 unspecified atom stereocenters. The lowest BCUT2D eigenvalue weighted by Gasteiger charge is -2.03. The molecule has 98 valence electrons. The molecule has 0 spiro atoms. The average Bonchev–Trinajstić information content (AvgIpc) is 3.07. The van der Waals surface area contributed by atoms with Crippen molar-refractivity contribution >= 4 is 33.2 Å². The third-order valence-corrected chi connectivity index (χ3v) is 4.93. The fraction of sp³-hybridized carbons (Fsp3) is 0.267. The summed E-state index contributed by atoms with van der Waals surface area (Å²) in [6.07, 6.45) is 1.03. The lowest BCUT2D eigenvalue weighted by Crippen LogP contribution is -2.03. The zero-order valence-corrected chi connectivity index (χ0v) is 13.0. The second kappa shape index (κ2) is 5.47. The first-order chi connectivity index (χ1) is 9.28. The highest BCUT2D eigenvalue weighted by atomic mass is 79.9. The van der Waals surface area contributed by atoms with Gasteiger partial charge in [-0.25, -0.2) is 4.99 Å². The van der Waals surface area contributed by atoms with E-state index < -0.39 is 0 Å². The normalized spacial score (nSPS) is 18.2. The van der Waals surface area contributed by atoms with Crippen LogP contribution in [0.3, 0.4) is 0 Å². The van der Waals surface area contributed by atoms with E-state index in [1.54, 1.807) is 11.3 Å². The summed E-state index contributed by atoms with van der Waals surface area (Å²) in [5.41, 5.74) is 3.51. The number of halogens is 1. The van der Waals surface area contributed by atoms with Crippen LogP contribution in [0.25, 0.3) is 11.1 Å². The molecule has 0 saturated carbocycles. The van der Waals surface area contributed by atoms with Crippen molar-refractivity contribution in [3.8, 4) is 11.1 Å². The molecular formula is C15H14BrNOS. The van der Waals surface area contributed by atoms with E-state index in [2.05, 4.69) is 63.6 Å². The smallest absolute Gasteiger partial charge is 0.216 e. The molecule has 0 N–H and O–H groups in total. The van der Waals surface area contributed by atoms with Crippen LogP contribution in [0.5, 0.6) is 0 Å². The second-order valence-corrected chi connectivity index (χ2v) is 6.73. The summed E-state index contributed by atoms with van der Waals surface area (Å²) in [6, 6.07) is 10.8. The molecule has 19 heavy (non-hydrogen) atoms. The Morgan fingerprint density at radius 2 is 2.00 bits per heavy atom. The molecule has 1 aromatic heterocycles. The highest BCUT2D eigenvalue weighted by Crippen LogP contribution is 2.33. The lowest BCUT2D eigenvalue weighted by molar-refractivity contribution is 0.315. The van der Waals surface area contributed by atoms with Gasteiger partial charge in [0.05, 0.1) is 9.83 Å². The van der Waals surface area contributed by atoms with E-state index >= 15 is 0 Å². The summed E-state index contributed by atoms with van der Waals surface area (Å²) in [4.78, 5) is 4.57. The van der Waals surface area contributed by atoms with Gasteiger partial charge in [-0.2, -0.15) is 0 Å². The molecular weight excluding hydrogens is 322 g/mol. The van der Waals surface area contributed by atoms with Gasteiger partial charge in [-0.05, 0) is 51.5 Å². The van der Waals surface area contributed by atoms with Crippen LogP contribution in [-0.2, 0) is 4.74 Å². The van der Waals surface area contributed by atoms with Gasteiger partial charge in [-0.3, -0.25) is 0 Å². The molecule has 3 rings (SSSR count). The molecule has 1 atom stereocenters. The topological polar surface area (TPSA) is 21.6 Å². The molecule has 1 aliphatic rings. The van der Waals surface area contributed by atoms with Gasteiger partial charge in [0.2, 0.25) is 5.90 Å². The largest absolute Gasteiger partial charge is 0.475 e. The predicted octanol–water partition coefficient (Wildman–Crippen LogP) is 4.73. The van der Waals surface area contributed by atoms with Crippen molar-refractivity contribution in [3.05, 3.63) is 45.1 Å². The summed E-state index contributed by atoms with van der Waals surface area (Å²) in [5, 5.41) is 2.09.